The number of fused-ring (bicyclic) bond motifs is 6. The molecule has 1 N–H and O–H groups in total. The van der Waals surface area contributed by atoms with Gasteiger partial charge in [0, 0.05) is 12.3 Å². The van der Waals surface area contributed by atoms with Gasteiger partial charge in [-0.15, -0.1) is 0 Å². The van der Waals surface area contributed by atoms with E-state index in [1.807, 2.05) is 18.3 Å². The third kappa shape index (κ3) is 0.316. The second-order valence-electron chi connectivity index (χ2n) is 2.29. The van der Waals surface area contributed by atoms with E-state index in [4.69, 9.17) is 0 Å². The Kier molecular flexibility index (Phi) is 0.484. The molecule has 4 bridgehead atoms. The molecule has 2 aromatic heterocycles. The van der Waals surface area contributed by atoms with Gasteiger partial charge in [-0.05, 0) is 6.07 Å². The minimum atomic E-state index is 0.868. The third-order valence-electron chi connectivity index (χ3n) is 1.66. The smallest absolute Gasteiger partial charge is 0.175 e. The highest BCUT2D eigenvalue weighted by atomic mass is 15.4. The molecule has 4 heteroatoms. The molecule has 0 aliphatic carbocycles. The molecular formula is C6H4N4. The molecule has 0 unspecified atom stereocenters. The maximum atomic E-state index is 4.20. The lowest BCUT2D eigenvalue weighted by molar-refractivity contribution is 0.847. The van der Waals surface area contributed by atoms with Crippen LogP contribution in [0.5, 0.6) is 0 Å². The van der Waals surface area contributed by atoms with E-state index >= 15 is 0 Å². The third-order valence-corrected chi connectivity index (χ3v) is 1.66. The van der Waals surface area contributed by atoms with Crippen LogP contribution in [0.1, 0.15) is 0 Å². The number of aromatic amines is 1. The van der Waals surface area contributed by atoms with E-state index in [0.29, 0.717) is 0 Å². The van der Waals surface area contributed by atoms with Gasteiger partial charge in [-0.1, -0.05) is 0 Å². The summed E-state index contributed by atoms with van der Waals surface area (Å²) in [7, 11) is 0. The van der Waals surface area contributed by atoms with E-state index in [1.165, 1.54) is 0 Å². The van der Waals surface area contributed by atoms with Gasteiger partial charge < -0.3 is 0 Å². The molecule has 1 aliphatic rings. The van der Waals surface area contributed by atoms with Crippen molar-refractivity contribution in [1.82, 2.24) is 20.0 Å². The van der Waals surface area contributed by atoms with E-state index in [9.17, 15) is 0 Å². The van der Waals surface area contributed by atoms with Gasteiger partial charge in [-0.2, -0.15) is 10.2 Å². The van der Waals surface area contributed by atoms with Crippen molar-refractivity contribution >= 4 is 0 Å². The normalized spacial score (nSPS) is 12.0. The quantitative estimate of drug-likeness (QED) is 0.486. The van der Waals surface area contributed by atoms with Crippen LogP contribution in [-0.4, -0.2) is 20.0 Å². The second-order valence-corrected chi connectivity index (χ2v) is 2.29. The van der Waals surface area contributed by atoms with E-state index in [1.54, 1.807) is 4.68 Å². The van der Waals surface area contributed by atoms with Gasteiger partial charge in [-0.3, -0.25) is 5.10 Å². The summed E-state index contributed by atoms with van der Waals surface area (Å²) in [6, 6.07) is 3.93. The summed E-state index contributed by atoms with van der Waals surface area (Å²) in [6.45, 7) is 0. The second kappa shape index (κ2) is 1.13. The standard InChI is InChI=1S/C6H4N4/c1-2-10-6-3-5(7-8-6)4(1)9-10/h1-3H,(H,7,8). The van der Waals surface area contributed by atoms with Crippen molar-refractivity contribution in [3.8, 4) is 17.2 Å². The van der Waals surface area contributed by atoms with Crippen LogP contribution in [0.15, 0.2) is 18.3 Å². The van der Waals surface area contributed by atoms with Gasteiger partial charge in [0.2, 0.25) is 0 Å². The fraction of sp³-hybridized carbons (Fsp3) is 0. The summed E-state index contributed by atoms with van der Waals surface area (Å²) in [4.78, 5) is 0. The van der Waals surface area contributed by atoms with Crippen molar-refractivity contribution in [3.63, 3.8) is 0 Å². The Balaban J connectivity index is 2.56. The van der Waals surface area contributed by atoms with E-state index in [2.05, 4.69) is 15.3 Å². The number of nitrogens with zero attached hydrogens (tertiary/aromatic N) is 3. The molecule has 10 heavy (non-hydrogen) atoms. The molecule has 0 amide bonds. The highest BCUT2D eigenvalue weighted by Gasteiger charge is 2.13. The molecule has 4 nitrogen and oxygen atoms in total. The monoisotopic (exact) mass is 132 g/mol. The highest BCUT2D eigenvalue weighted by Crippen LogP contribution is 2.22. The lowest BCUT2D eigenvalue weighted by atomic mass is 10.3. The van der Waals surface area contributed by atoms with Crippen LogP contribution < -0.4 is 0 Å². The molecule has 0 saturated carbocycles. The Morgan fingerprint density at radius 1 is 1.50 bits per heavy atom. The van der Waals surface area contributed by atoms with Crippen LogP contribution in [0.25, 0.3) is 17.2 Å². The zero-order valence-corrected chi connectivity index (χ0v) is 5.07. The van der Waals surface area contributed by atoms with Crippen LogP contribution >= 0.6 is 0 Å². The maximum Gasteiger partial charge on any atom is 0.175 e. The average Bonchev–Trinajstić information content (AvgIpc) is 2.41. The Hall–Kier alpha value is -1.58. The summed E-state index contributed by atoms with van der Waals surface area (Å²) in [5.41, 5.74) is 1.96. The zero-order chi connectivity index (χ0) is 6.55. The lowest BCUT2D eigenvalue weighted by Gasteiger charge is -1.95. The SMILES string of the molecule is c1cn2nc1-c1cc-2n[nH]1. The number of hydrogen-bond acceptors (Lipinski definition) is 2. The largest absolute Gasteiger partial charge is 0.274 e. The Morgan fingerprint density at radius 3 is 3.50 bits per heavy atom. The highest BCUT2D eigenvalue weighted by molar-refractivity contribution is 5.58. The average molecular weight is 132 g/mol. The molecule has 0 saturated heterocycles. The van der Waals surface area contributed by atoms with Crippen LogP contribution in [-0.2, 0) is 0 Å². The molecule has 0 spiro atoms. The Morgan fingerprint density at radius 2 is 2.50 bits per heavy atom. The molecule has 0 aromatic carbocycles. The van der Waals surface area contributed by atoms with Gasteiger partial charge in [0.05, 0.1) is 5.69 Å². The summed E-state index contributed by atoms with van der Waals surface area (Å²) in [6.07, 6.45) is 1.90. The van der Waals surface area contributed by atoms with Gasteiger partial charge in [0.1, 0.15) is 5.69 Å². The van der Waals surface area contributed by atoms with Crippen molar-refractivity contribution in [2.45, 2.75) is 0 Å². The van der Waals surface area contributed by atoms with E-state index < -0.39 is 0 Å². The summed E-state index contributed by atoms with van der Waals surface area (Å²) >= 11 is 0. The molecule has 3 heterocycles. The Bertz CT molecular complexity index is 313. The summed E-state index contributed by atoms with van der Waals surface area (Å²) in [5.74, 6) is 0.868. The fourth-order valence-electron chi connectivity index (χ4n) is 1.15. The molecule has 3 rings (SSSR count). The topological polar surface area (TPSA) is 46.5 Å². The number of aromatic nitrogens is 4. The van der Waals surface area contributed by atoms with Crippen molar-refractivity contribution in [3.05, 3.63) is 18.3 Å². The Labute approximate surface area is 56.5 Å². The minimum Gasteiger partial charge on any atom is -0.274 e. The minimum absolute atomic E-state index is 0.868. The van der Waals surface area contributed by atoms with Gasteiger partial charge >= 0.3 is 0 Å². The molecule has 1 aliphatic heterocycles. The first kappa shape index (κ1) is 4.27. The van der Waals surface area contributed by atoms with Crippen molar-refractivity contribution in [2.24, 2.45) is 0 Å². The molecule has 0 fully saturated rings. The number of nitrogens with one attached hydrogen (secondary N) is 1. The summed E-state index contributed by atoms with van der Waals surface area (Å²) < 4.78 is 1.75. The van der Waals surface area contributed by atoms with Crippen molar-refractivity contribution in [2.75, 3.05) is 0 Å². The number of hydrogen-bond donors (Lipinski definition) is 1. The van der Waals surface area contributed by atoms with E-state index in [0.717, 1.165) is 17.2 Å². The van der Waals surface area contributed by atoms with Crippen LogP contribution in [0.3, 0.4) is 0 Å². The number of rotatable bonds is 0. The predicted molar refractivity (Wildman–Crippen MR) is 34.7 cm³/mol. The lowest BCUT2D eigenvalue weighted by Crippen LogP contribution is -1.95. The van der Waals surface area contributed by atoms with Gasteiger partial charge in [0.15, 0.2) is 5.82 Å². The zero-order valence-electron chi connectivity index (χ0n) is 5.07. The maximum absolute atomic E-state index is 4.20. The van der Waals surface area contributed by atoms with Crippen LogP contribution in [0.2, 0.25) is 0 Å². The first-order valence-corrected chi connectivity index (χ1v) is 3.05. The predicted octanol–water partition coefficient (Wildman–Crippen LogP) is 0.576. The van der Waals surface area contributed by atoms with Crippen molar-refractivity contribution in [1.29, 1.82) is 0 Å². The fourth-order valence-corrected chi connectivity index (χ4v) is 1.15. The van der Waals surface area contributed by atoms with Crippen molar-refractivity contribution < 1.29 is 0 Å². The van der Waals surface area contributed by atoms with Crippen LogP contribution in [0.4, 0.5) is 0 Å². The first-order chi connectivity index (χ1) is 4.93. The van der Waals surface area contributed by atoms with Crippen LogP contribution in [0, 0.1) is 0 Å². The first-order valence-electron chi connectivity index (χ1n) is 3.05. The molecule has 2 aromatic rings. The molecule has 0 atom stereocenters. The van der Waals surface area contributed by atoms with E-state index in [-0.39, 0.29) is 0 Å². The van der Waals surface area contributed by atoms with Gasteiger partial charge in [-0.25, -0.2) is 4.68 Å². The number of H-pyrrole nitrogens is 1. The summed E-state index contributed by atoms with van der Waals surface area (Å²) in [5, 5.41) is 11.1. The molecule has 0 radical (unpaired) electrons. The molecule has 48 valence electrons. The molecular weight excluding hydrogens is 128 g/mol. The van der Waals surface area contributed by atoms with Gasteiger partial charge in [0.25, 0.3) is 0 Å².